The van der Waals surface area contributed by atoms with Crippen molar-refractivity contribution in [2.75, 3.05) is 0 Å². The summed E-state index contributed by atoms with van der Waals surface area (Å²) in [6, 6.07) is 8.28. The fourth-order valence-corrected chi connectivity index (χ4v) is 0.727. The summed E-state index contributed by atoms with van der Waals surface area (Å²) in [6.45, 7) is 3.53. The van der Waals surface area contributed by atoms with E-state index in [1.807, 2.05) is 6.07 Å². The third-order valence-electron chi connectivity index (χ3n) is 1.35. The number of phenolic OH excluding ortho intramolecular Hbond substituents is 1. The molecule has 0 radical (unpaired) electrons. The van der Waals surface area contributed by atoms with Gasteiger partial charge in [0.1, 0.15) is 5.75 Å². The topological polar surface area (TPSA) is 44.0 Å². The predicted molar refractivity (Wildman–Crippen MR) is 42.8 cm³/mol. The fraction of sp³-hybridized carbons (Fsp3) is 0. The van der Waals surface area contributed by atoms with Gasteiger partial charge in [0.05, 0.1) is 11.6 Å². The van der Waals surface area contributed by atoms with Gasteiger partial charge in [0.25, 0.3) is 0 Å². The van der Waals surface area contributed by atoms with E-state index in [1.165, 1.54) is 12.1 Å². The molecule has 0 bridgehead atoms. The summed E-state index contributed by atoms with van der Waals surface area (Å²) >= 11 is 0. The molecule has 0 aliphatic rings. The molecule has 0 heterocycles. The van der Waals surface area contributed by atoms with Gasteiger partial charge in [0.15, 0.2) is 0 Å². The van der Waals surface area contributed by atoms with Crippen molar-refractivity contribution in [2.24, 2.45) is 0 Å². The fourth-order valence-electron chi connectivity index (χ4n) is 0.727. The van der Waals surface area contributed by atoms with E-state index in [4.69, 9.17) is 10.4 Å². The molecule has 1 aromatic carbocycles. The lowest BCUT2D eigenvalue weighted by Crippen LogP contribution is -1.76. The second-order valence-corrected chi connectivity index (χ2v) is 2.14. The van der Waals surface area contributed by atoms with Gasteiger partial charge in [-0.1, -0.05) is 18.7 Å². The average Bonchev–Trinajstić information content (AvgIpc) is 2.05. The van der Waals surface area contributed by atoms with Crippen molar-refractivity contribution in [3.63, 3.8) is 0 Å². The van der Waals surface area contributed by atoms with Gasteiger partial charge in [-0.15, -0.1) is 0 Å². The minimum Gasteiger partial charge on any atom is -0.508 e. The normalized spacial score (nSPS) is 8.64. The molecule has 0 spiro atoms. The van der Waals surface area contributed by atoms with Crippen LogP contribution < -0.4 is 0 Å². The molecule has 1 aromatic rings. The van der Waals surface area contributed by atoms with E-state index in [0.717, 1.165) is 5.56 Å². The molecule has 0 amide bonds. The molecule has 1 rings (SSSR count). The van der Waals surface area contributed by atoms with E-state index in [1.54, 1.807) is 12.1 Å². The second-order valence-electron chi connectivity index (χ2n) is 2.14. The number of benzene rings is 1. The molecule has 11 heavy (non-hydrogen) atoms. The highest BCUT2D eigenvalue weighted by molar-refractivity contribution is 5.74. The lowest BCUT2D eigenvalue weighted by atomic mass is 10.1. The van der Waals surface area contributed by atoms with Crippen molar-refractivity contribution in [3.05, 3.63) is 36.4 Å². The van der Waals surface area contributed by atoms with Crippen molar-refractivity contribution in [1.29, 1.82) is 5.26 Å². The number of nitriles is 1. The zero-order valence-corrected chi connectivity index (χ0v) is 5.91. The van der Waals surface area contributed by atoms with Crippen molar-refractivity contribution in [2.45, 2.75) is 0 Å². The van der Waals surface area contributed by atoms with Crippen molar-refractivity contribution < 1.29 is 5.11 Å². The van der Waals surface area contributed by atoms with Crippen LogP contribution in [0.5, 0.6) is 5.75 Å². The molecule has 0 aliphatic carbocycles. The van der Waals surface area contributed by atoms with Gasteiger partial charge in [-0.2, -0.15) is 5.26 Å². The minimum absolute atomic E-state index is 0.194. The van der Waals surface area contributed by atoms with Gasteiger partial charge in [-0.05, 0) is 17.7 Å². The molecule has 0 aromatic heterocycles. The second kappa shape index (κ2) is 2.89. The Kier molecular flexibility index (Phi) is 1.93. The monoisotopic (exact) mass is 145 g/mol. The van der Waals surface area contributed by atoms with Crippen LogP contribution in [0.25, 0.3) is 5.57 Å². The van der Waals surface area contributed by atoms with Gasteiger partial charge in [0.2, 0.25) is 0 Å². The van der Waals surface area contributed by atoms with Crippen molar-refractivity contribution in [3.8, 4) is 11.8 Å². The third-order valence-corrected chi connectivity index (χ3v) is 1.35. The Balaban J connectivity index is 3.01. The van der Waals surface area contributed by atoms with Gasteiger partial charge in [-0.3, -0.25) is 0 Å². The molecule has 2 heteroatoms. The van der Waals surface area contributed by atoms with E-state index in [9.17, 15) is 0 Å². The van der Waals surface area contributed by atoms with Crippen LogP contribution in [0.1, 0.15) is 5.56 Å². The Bertz CT molecular complexity index is 305. The van der Waals surface area contributed by atoms with Crippen molar-refractivity contribution >= 4 is 5.57 Å². The first kappa shape index (κ1) is 7.36. The predicted octanol–water partition coefficient (Wildman–Crippen LogP) is 1.93. The van der Waals surface area contributed by atoms with Crippen LogP contribution in [0.4, 0.5) is 0 Å². The molecule has 54 valence electrons. The quantitative estimate of drug-likeness (QED) is 0.613. The van der Waals surface area contributed by atoms with Gasteiger partial charge in [-0.25, -0.2) is 0 Å². The van der Waals surface area contributed by atoms with Crippen LogP contribution in [-0.2, 0) is 0 Å². The number of nitrogens with zero attached hydrogens (tertiary/aromatic N) is 1. The Morgan fingerprint density at radius 1 is 1.36 bits per heavy atom. The average molecular weight is 145 g/mol. The van der Waals surface area contributed by atoms with E-state index in [-0.39, 0.29) is 5.75 Å². The maximum absolute atomic E-state index is 8.90. The smallest absolute Gasteiger partial charge is 0.115 e. The van der Waals surface area contributed by atoms with Gasteiger partial charge < -0.3 is 5.11 Å². The number of aromatic hydroxyl groups is 1. The molecule has 0 saturated carbocycles. The highest BCUT2D eigenvalue weighted by atomic mass is 16.3. The maximum atomic E-state index is 8.90. The first-order valence-corrected chi connectivity index (χ1v) is 3.12. The van der Waals surface area contributed by atoms with Crippen LogP contribution >= 0.6 is 0 Å². The first-order valence-electron chi connectivity index (χ1n) is 3.12. The zero-order valence-electron chi connectivity index (χ0n) is 5.91. The molecule has 0 atom stereocenters. The van der Waals surface area contributed by atoms with Crippen LogP contribution in [-0.4, -0.2) is 5.11 Å². The Morgan fingerprint density at radius 2 is 1.91 bits per heavy atom. The minimum atomic E-state index is 0.194. The molecule has 0 aliphatic heterocycles. The molecule has 0 saturated heterocycles. The largest absolute Gasteiger partial charge is 0.508 e. The number of phenols is 1. The third kappa shape index (κ3) is 1.59. The van der Waals surface area contributed by atoms with Gasteiger partial charge in [0, 0.05) is 0 Å². The summed E-state index contributed by atoms with van der Waals surface area (Å²) in [4.78, 5) is 0. The maximum Gasteiger partial charge on any atom is 0.115 e. The summed E-state index contributed by atoms with van der Waals surface area (Å²) in [5, 5.41) is 17.3. The molecule has 0 fully saturated rings. The molecular formula is C9H7NO. The summed E-state index contributed by atoms with van der Waals surface area (Å²) in [5.41, 5.74) is 1.15. The Hall–Kier alpha value is -1.75. The molecule has 2 nitrogen and oxygen atoms in total. The Labute approximate surface area is 65.0 Å². The molecular weight excluding hydrogens is 138 g/mol. The van der Waals surface area contributed by atoms with E-state index in [2.05, 4.69) is 6.58 Å². The number of allylic oxidation sites excluding steroid dienone is 1. The van der Waals surface area contributed by atoms with Crippen LogP contribution in [0, 0.1) is 11.3 Å². The van der Waals surface area contributed by atoms with E-state index >= 15 is 0 Å². The summed E-state index contributed by atoms with van der Waals surface area (Å²) < 4.78 is 0. The summed E-state index contributed by atoms with van der Waals surface area (Å²) in [7, 11) is 0. The number of hydrogen-bond donors (Lipinski definition) is 1. The van der Waals surface area contributed by atoms with E-state index in [0.29, 0.717) is 5.57 Å². The van der Waals surface area contributed by atoms with Gasteiger partial charge >= 0.3 is 0 Å². The van der Waals surface area contributed by atoms with Crippen LogP contribution in [0.15, 0.2) is 30.8 Å². The standard InChI is InChI=1S/C9H7NO/c1-7(6-10)8-2-4-9(11)5-3-8/h2-5,11H,1H2. The highest BCUT2D eigenvalue weighted by Gasteiger charge is 1.95. The number of rotatable bonds is 1. The number of hydrogen-bond acceptors (Lipinski definition) is 2. The summed E-state index contributed by atoms with van der Waals surface area (Å²) in [6.07, 6.45) is 0. The van der Waals surface area contributed by atoms with E-state index < -0.39 is 0 Å². The molecule has 0 unspecified atom stereocenters. The zero-order chi connectivity index (χ0) is 8.27. The van der Waals surface area contributed by atoms with Crippen LogP contribution in [0.2, 0.25) is 0 Å². The molecule has 1 N–H and O–H groups in total. The van der Waals surface area contributed by atoms with Crippen molar-refractivity contribution in [1.82, 2.24) is 0 Å². The lowest BCUT2D eigenvalue weighted by Gasteiger charge is -1.95. The Morgan fingerprint density at radius 3 is 2.36 bits per heavy atom. The summed E-state index contributed by atoms with van der Waals surface area (Å²) in [5.74, 6) is 0.194. The highest BCUT2D eigenvalue weighted by Crippen LogP contribution is 2.15. The SMILES string of the molecule is C=C(C#N)c1ccc(O)cc1. The lowest BCUT2D eigenvalue weighted by molar-refractivity contribution is 0.475. The van der Waals surface area contributed by atoms with Crippen LogP contribution in [0.3, 0.4) is 0 Å². The first-order chi connectivity index (χ1) is 5.24.